The van der Waals surface area contributed by atoms with Gasteiger partial charge < -0.3 is 5.32 Å². The van der Waals surface area contributed by atoms with E-state index in [1.165, 1.54) is 60.9 Å². The molecule has 3 aromatic carbocycles. The van der Waals surface area contributed by atoms with Gasteiger partial charge >= 0.3 is 0 Å². The fraction of sp³-hybridized carbons (Fsp3) is 0. The van der Waals surface area contributed by atoms with Crippen LogP contribution < -0.4 is 10.0 Å². The second-order valence-electron chi connectivity index (χ2n) is 7.26. The number of sulfonamides is 1. The van der Waals surface area contributed by atoms with Gasteiger partial charge in [0.25, 0.3) is 15.9 Å². The number of hydrogen-bond acceptors (Lipinski definition) is 7. The average molecular weight is 487 g/mol. The monoisotopic (exact) mass is 486 g/mol. The van der Waals surface area contributed by atoms with Gasteiger partial charge in [-0.1, -0.05) is 42.5 Å². The second kappa shape index (κ2) is 10.1. The van der Waals surface area contributed by atoms with E-state index in [1.807, 2.05) is 0 Å². The lowest BCUT2D eigenvalue weighted by Crippen LogP contribution is -2.16. The quantitative estimate of drug-likeness (QED) is 0.287. The topological polar surface area (TPSA) is 135 Å². The van der Waals surface area contributed by atoms with E-state index >= 15 is 0 Å². The van der Waals surface area contributed by atoms with Gasteiger partial charge in [-0.2, -0.15) is 0 Å². The summed E-state index contributed by atoms with van der Waals surface area (Å²) in [4.78, 5) is 44.9. The zero-order valence-corrected chi connectivity index (χ0v) is 18.9. The van der Waals surface area contributed by atoms with Gasteiger partial charge in [0.2, 0.25) is 17.5 Å². The number of carbonyl (C=O) groups is 3. The summed E-state index contributed by atoms with van der Waals surface area (Å²) >= 11 is 0. The average Bonchev–Trinajstić information content (AvgIpc) is 2.89. The van der Waals surface area contributed by atoms with Crippen LogP contribution in [0.25, 0.3) is 0 Å². The van der Waals surface area contributed by atoms with Crippen molar-refractivity contribution in [3.63, 3.8) is 0 Å². The molecule has 4 rings (SSSR count). The fourth-order valence-corrected chi connectivity index (χ4v) is 4.03. The lowest BCUT2D eigenvalue weighted by atomic mass is 10.0. The third kappa shape index (κ3) is 5.63. The maximum atomic E-state index is 12.6. The molecule has 0 atom stereocenters. The number of anilines is 2. The third-order valence-electron chi connectivity index (χ3n) is 4.87. The molecule has 1 amide bonds. The largest absolute Gasteiger partial charge is 0.322 e. The first-order valence-electron chi connectivity index (χ1n) is 10.3. The molecule has 1 aromatic heterocycles. The summed E-state index contributed by atoms with van der Waals surface area (Å²) in [5, 5.41) is 2.65. The molecule has 0 aliphatic carbocycles. The normalized spacial score (nSPS) is 10.9. The van der Waals surface area contributed by atoms with Crippen molar-refractivity contribution in [2.75, 3.05) is 10.0 Å². The first-order chi connectivity index (χ1) is 16.8. The molecule has 0 bridgehead atoms. The molecular formula is C25H18N4O5S. The van der Waals surface area contributed by atoms with Crippen LogP contribution in [0, 0.1) is 0 Å². The highest BCUT2D eigenvalue weighted by Crippen LogP contribution is 2.17. The fourth-order valence-electron chi connectivity index (χ4n) is 3.08. The SMILES string of the molecule is O=C(Nc1ccc(S(=O)(=O)Nc2ncccn2)cc1)c1ccc(C(=O)C(=O)c2ccccc2)cc1. The Balaban J connectivity index is 1.41. The van der Waals surface area contributed by atoms with Crippen LogP contribution in [0.2, 0.25) is 0 Å². The van der Waals surface area contributed by atoms with Gasteiger partial charge in [-0.3, -0.25) is 14.4 Å². The van der Waals surface area contributed by atoms with Crippen LogP contribution in [-0.4, -0.2) is 35.9 Å². The Morgan fingerprint density at radius 2 is 1.17 bits per heavy atom. The molecule has 9 nitrogen and oxygen atoms in total. The molecule has 174 valence electrons. The number of Topliss-reactive ketones (excluding diaryl/α,β-unsaturated/α-hetero) is 2. The summed E-state index contributed by atoms with van der Waals surface area (Å²) in [7, 11) is -3.90. The number of amides is 1. The smallest absolute Gasteiger partial charge is 0.264 e. The lowest BCUT2D eigenvalue weighted by molar-refractivity contribution is 0.0817. The van der Waals surface area contributed by atoms with Crippen LogP contribution in [0.1, 0.15) is 31.1 Å². The van der Waals surface area contributed by atoms with Crippen LogP contribution in [0.3, 0.4) is 0 Å². The van der Waals surface area contributed by atoms with Crippen LogP contribution in [-0.2, 0) is 10.0 Å². The van der Waals surface area contributed by atoms with Crippen molar-refractivity contribution in [3.05, 3.63) is 114 Å². The summed E-state index contributed by atoms with van der Waals surface area (Å²) in [6, 6.07) is 21.0. The Kier molecular flexibility index (Phi) is 6.74. The number of aromatic nitrogens is 2. The minimum atomic E-state index is -3.90. The van der Waals surface area contributed by atoms with E-state index in [4.69, 9.17) is 0 Å². The first kappa shape index (κ1) is 23.5. The molecule has 2 N–H and O–H groups in total. The van der Waals surface area contributed by atoms with Crippen molar-refractivity contribution in [1.82, 2.24) is 9.97 Å². The van der Waals surface area contributed by atoms with Crippen LogP contribution in [0.5, 0.6) is 0 Å². The van der Waals surface area contributed by atoms with Crippen molar-refractivity contribution in [3.8, 4) is 0 Å². The second-order valence-corrected chi connectivity index (χ2v) is 8.94. The predicted octanol–water partition coefficient (Wildman–Crippen LogP) is 3.60. The number of hydrogen-bond donors (Lipinski definition) is 2. The highest BCUT2D eigenvalue weighted by atomic mass is 32.2. The van der Waals surface area contributed by atoms with Crippen LogP contribution >= 0.6 is 0 Å². The maximum Gasteiger partial charge on any atom is 0.264 e. The van der Waals surface area contributed by atoms with Gasteiger partial charge in [0.05, 0.1) is 4.90 Å². The van der Waals surface area contributed by atoms with E-state index in [0.717, 1.165) is 0 Å². The molecule has 0 aliphatic heterocycles. The summed E-state index contributed by atoms with van der Waals surface area (Å²) < 4.78 is 27.2. The van der Waals surface area contributed by atoms with E-state index in [1.54, 1.807) is 36.4 Å². The standard InChI is InChI=1S/C25H18N4O5S/c30-22(17-5-2-1-3-6-17)23(31)18-7-9-19(10-8-18)24(32)28-20-11-13-21(14-12-20)35(33,34)29-25-26-15-4-16-27-25/h1-16H,(H,28,32)(H,26,27,29). The molecule has 0 saturated carbocycles. The van der Waals surface area contributed by atoms with Gasteiger partial charge in [-0.15, -0.1) is 0 Å². The number of nitrogens with zero attached hydrogens (tertiary/aromatic N) is 2. The lowest BCUT2D eigenvalue weighted by Gasteiger charge is -2.09. The third-order valence-corrected chi connectivity index (χ3v) is 6.21. The Hall–Kier alpha value is -4.70. The van der Waals surface area contributed by atoms with Gasteiger partial charge in [0.1, 0.15) is 0 Å². The minimum Gasteiger partial charge on any atom is -0.322 e. The van der Waals surface area contributed by atoms with Gasteiger partial charge in [0.15, 0.2) is 0 Å². The van der Waals surface area contributed by atoms with Crippen molar-refractivity contribution in [1.29, 1.82) is 0 Å². The summed E-state index contributed by atoms with van der Waals surface area (Å²) in [6.45, 7) is 0. The number of benzene rings is 3. The highest BCUT2D eigenvalue weighted by molar-refractivity contribution is 7.92. The number of ketones is 2. The summed E-state index contributed by atoms with van der Waals surface area (Å²) in [5.41, 5.74) is 1.08. The van der Waals surface area contributed by atoms with Gasteiger partial charge in [-0.25, -0.2) is 23.1 Å². The first-order valence-corrected chi connectivity index (χ1v) is 11.8. The predicted molar refractivity (Wildman–Crippen MR) is 129 cm³/mol. The van der Waals surface area contributed by atoms with Gasteiger partial charge in [0, 0.05) is 34.8 Å². The molecule has 0 radical (unpaired) electrons. The maximum absolute atomic E-state index is 12.6. The zero-order chi connectivity index (χ0) is 24.8. The Morgan fingerprint density at radius 3 is 1.77 bits per heavy atom. The summed E-state index contributed by atoms with van der Waals surface area (Å²) in [6.07, 6.45) is 2.82. The molecule has 0 unspecified atom stereocenters. The van der Waals surface area contributed by atoms with Crippen molar-refractivity contribution >= 4 is 39.1 Å². The van der Waals surface area contributed by atoms with E-state index in [-0.39, 0.29) is 27.5 Å². The molecule has 35 heavy (non-hydrogen) atoms. The van der Waals surface area contributed by atoms with E-state index in [0.29, 0.717) is 5.69 Å². The minimum absolute atomic E-state index is 0.0334. The number of rotatable bonds is 8. The van der Waals surface area contributed by atoms with Gasteiger partial charge in [-0.05, 0) is 42.5 Å². The molecule has 4 aromatic rings. The van der Waals surface area contributed by atoms with E-state index in [9.17, 15) is 22.8 Å². The number of nitrogens with one attached hydrogen (secondary N) is 2. The van der Waals surface area contributed by atoms with Crippen molar-refractivity contribution in [2.24, 2.45) is 0 Å². The Bertz CT molecular complexity index is 1470. The van der Waals surface area contributed by atoms with Crippen molar-refractivity contribution in [2.45, 2.75) is 4.90 Å². The van der Waals surface area contributed by atoms with Crippen molar-refractivity contribution < 1.29 is 22.8 Å². The summed E-state index contributed by atoms with van der Waals surface area (Å²) in [5.74, 6) is -1.83. The molecule has 0 spiro atoms. The zero-order valence-electron chi connectivity index (χ0n) is 18.1. The van der Waals surface area contributed by atoms with Crippen LogP contribution in [0.4, 0.5) is 11.6 Å². The number of carbonyl (C=O) groups excluding carboxylic acids is 3. The molecular weight excluding hydrogens is 468 g/mol. The molecule has 0 aliphatic rings. The highest BCUT2D eigenvalue weighted by Gasteiger charge is 2.19. The molecule has 0 saturated heterocycles. The molecule has 0 fully saturated rings. The molecule has 1 heterocycles. The Morgan fingerprint density at radius 1 is 0.629 bits per heavy atom. The van der Waals surface area contributed by atoms with E-state index < -0.39 is 27.5 Å². The molecule has 10 heteroatoms. The van der Waals surface area contributed by atoms with E-state index in [2.05, 4.69) is 20.0 Å². The Labute approximate surface area is 200 Å². The van der Waals surface area contributed by atoms with Crippen LogP contribution in [0.15, 0.2) is 102 Å².